The molecule has 3 rings (SSSR count). The Hall–Kier alpha value is -2.22. The number of hydrogen-bond donors (Lipinski definition) is 1. The maximum Gasteiger partial charge on any atom is 0.321 e. The number of amides is 2. The third kappa shape index (κ3) is 4.30. The lowest BCUT2D eigenvalue weighted by Gasteiger charge is -2.32. The van der Waals surface area contributed by atoms with Crippen molar-refractivity contribution in [3.63, 3.8) is 0 Å². The van der Waals surface area contributed by atoms with E-state index < -0.39 is 0 Å². The number of rotatable bonds is 5. The standard InChI is InChI=1S/C18H24N4O3S/c1-12-20-21-17(25-12)14-6-7-16(24-2)15(9-14)19-18(23)22-8-4-5-13(10-22)11-26-3/h6-7,9,13H,4-5,8,10-11H2,1-3H3,(H,19,23)/t13-/m0/s1. The summed E-state index contributed by atoms with van der Waals surface area (Å²) in [6.07, 6.45) is 4.33. The second kappa shape index (κ2) is 8.44. The molecule has 0 aliphatic carbocycles. The van der Waals surface area contributed by atoms with E-state index in [0.717, 1.165) is 30.8 Å². The van der Waals surface area contributed by atoms with Gasteiger partial charge < -0.3 is 19.4 Å². The van der Waals surface area contributed by atoms with E-state index in [9.17, 15) is 4.79 Å². The Morgan fingerprint density at radius 3 is 3.00 bits per heavy atom. The lowest BCUT2D eigenvalue weighted by Crippen LogP contribution is -2.42. The van der Waals surface area contributed by atoms with Crippen molar-refractivity contribution in [3.05, 3.63) is 24.1 Å². The van der Waals surface area contributed by atoms with Crippen molar-refractivity contribution >= 4 is 23.5 Å². The molecule has 1 fully saturated rings. The number of urea groups is 1. The monoisotopic (exact) mass is 376 g/mol. The Labute approximate surface area is 157 Å². The van der Waals surface area contributed by atoms with E-state index in [1.54, 1.807) is 26.2 Å². The van der Waals surface area contributed by atoms with E-state index in [1.807, 2.05) is 22.7 Å². The minimum absolute atomic E-state index is 0.104. The number of hydrogen-bond acceptors (Lipinski definition) is 6. The number of nitrogens with zero attached hydrogens (tertiary/aromatic N) is 3. The van der Waals surface area contributed by atoms with Gasteiger partial charge in [-0.25, -0.2) is 4.79 Å². The van der Waals surface area contributed by atoms with E-state index in [2.05, 4.69) is 21.8 Å². The smallest absolute Gasteiger partial charge is 0.321 e. The number of nitrogens with one attached hydrogen (secondary N) is 1. The van der Waals surface area contributed by atoms with Gasteiger partial charge in [-0.2, -0.15) is 11.8 Å². The fourth-order valence-electron chi connectivity index (χ4n) is 3.17. The Morgan fingerprint density at radius 2 is 2.31 bits per heavy atom. The van der Waals surface area contributed by atoms with Crippen LogP contribution in [0.2, 0.25) is 0 Å². The first-order valence-electron chi connectivity index (χ1n) is 8.64. The minimum atomic E-state index is -0.104. The van der Waals surface area contributed by atoms with E-state index in [1.165, 1.54) is 6.42 Å². The molecule has 1 atom stereocenters. The highest BCUT2D eigenvalue weighted by Crippen LogP contribution is 2.31. The van der Waals surface area contributed by atoms with Crippen LogP contribution in [0.3, 0.4) is 0 Å². The molecule has 140 valence electrons. The van der Waals surface area contributed by atoms with Gasteiger partial charge in [-0.05, 0) is 49.0 Å². The van der Waals surface area contributed by atoms with Crippen molar-refractivity contribution in [2.24, 2.45) is 5.92 Å². The average Bonchev–Trinajstić information content (AvgIpc) is 3.08. The molecule has 2 heterocycles. The predicted octanol–water partition coefficient (Wildman–Crippen LogP) is 3.66. The van der Waals surface area contributed by atoms with Gasteiger partial charge in [-0.15, -0.1) is 10.2 Å². The number of thioether (sulfide) groups is 1. The fourth-order valence-corrected chi connectivity index (χ4v) is 3.91. The summed E-state index contributed by atoms with van der Waals surface area (Å²) in [5.41, 5.74) is 1.33. The van der Waals surface area contributed by atoms with Crippen molar-refractivity contribution in [3.8, 4) is 17.2 Å². The van der Waals surface area contributed by atoms with E-state index in [4.69, 9.17) is 9.15 Å². The summed E-state index contributed by atoms with van der Waals surface area (Å²) in [4.78, 5) is 14.6. The van der Waals surface area contributed by atoms with Crippen LogP contribution in [0.5, 0.6) is 5.75 Å². The van der Waals surface area contributed by atoms with Crippen LogP contribution in [0, 0.1) is 12.8 Å². The molecule has 1 saturated heterocycles. The van der Waals surface area contributed by atoms with Gasteiger partial charge in [-0.3, -0.25) is 0 Å². The minimum Gasteiger partial charge on any atom is -0.495 e. The van der Waals surface area contributed by atoms with Crippen molar-refractivity contribution < 1.29 is 13.9 Å². The molecule has 8 heteroatoms. The zero-order valence-corrected chi connectivity index (χ0v) is 16.1. The van der Waals surface area contributed by atoms with E-state index in [-0.39, 0.29) is 6.03 Å². The maximum atomic E-state index is 12.7. The van der Waals surface area contributed by atoms with E-state index >= 15 is 0 Å². The molecule has 0 spiro atoms. The first kappa shape index (κ1) is 18.6. The topological polar surface area (TPSA) is 80.5 Å². The maximum absolute atomic E-state index is 12.7. The second-order valence-electron chi connectivity index (χ2n) is 6.38. The number of methoxy groups -OCH3 is 1. The summed E-state index contributed by atoms with van der Waals surface area (Å²) >= 11 is 1.83. The van der Waals surface area contributed by atoms with Crippen molar-refractivity contribution in [2.45, 2.75) is 19.8 Å². The molecule has 0 bridgehead atoms. The summed E-state index contributed by atoms with van der Waals surface area (Å²) in [5, 5.41) is 10.9. The molecule has 2 amide bonds. The number of aryl methyl sites for hydroxylation is 1. The van der Waals surface area contributed by atoms with Gasteiger partial charge in [-0.1, -0.05) is 0 Å². The molecule has 2 aromatic rings. The number of benzene rings is 1. The SMILES string of the molecule is COc1ccc(-c2nnc(C)o2)cc1NC(=O)N1CCC[C@H](CSC)C1. The quantitative estimate of drug-likeness (QED) is 0.858. The molecule has 1 aliphatic heterocycles. The lowest BCUT2D eigenvalue weighted by atomic mass is 10.0. The number of ether oxygens (including phenoxy) is 1. The van der Waals surface area contributed by atoms with Gasteiger partial charge in [0.1, 0.15) is 5.75 Å². The third-order valence-electron chi connectivity index (χ3n) is 4.42. The molecule has 1 N–H and O–H groups in total. The van der Waals surface area contributed by atoms with Crippen LogP contribution in [-0.4, -0.2) is 53.3 Å². The highest BCUT2D eigenvalue weighted by Gasteiger charge is 2.24. The predicted molar refractivity (Wildman–Crippen MR) is 103 cm³/mol. The summed E-state index contributed by atoms with van der Waals surface area (Å²) < 4.78 is 10.9. The molecule has 0 saturated carbocycles. The molecule has 1 aromatic carbocycles. The van der Waals surface area contributed by atoms with Crippen LogP contribution in [0.4, 0.5) is 10.5 Å². The Morgan fingerprint density at radius 1 is 1.46 bits per heavy atom. The molecule has 7 nitrogen and oxygen atoms in total. The normalized spacial score (nSPS) is 17.2. The second-order valence-corrected chi connectivity index (χ2v) is 7.29. The Balaban J connectivity index is 1.76. The van der Waals surface area contributed by atoms with Crippen LogP contribution >= 0.6 is 11.8 Å². The van der Waals surface area contributed by atoms with Crippen LogP contribution in [-0.2, 0) is 0 Å². The first-order chi connectivity index (χ1) is 12.6. The largest absolute Gasteiger partial charge is 0.495 e. The number of carbonyl (C=O) groups excluding carboxylic acids is 1. The zero-order valence-electron chi connectivity index (χ0n) is 15.3. The molecular formula is C18H24N4O3S. The van der Waals surface area contributed by atoms with Crippen LogP contribution < -0.4 is 10.1 Å². The summed E-state index contributed by atoms with van der Waals surface area (Å²) in [6, 6.07) is 5.31. The van der Waals surface area contributed by atoms with Crippen molar-refractivity contribution in [2.75, 3.05) is 37.5 Å². The lowest BCUT2D eigenvalue weighted by molar-refractivity contribution is 0.183. The molecule has 0 unspecified atom stereocenters. The average molecular weight is 376 g/mol. The van der Waals surface area contributed by atoms with Crippen molar-refractivity contribution in [1.82, 2.24) is 15.1 Å². The molecule has 1 aliphatic rings. The van der Waals surface area contributed by atoms with Gasteiger partial charge in [0.25, 0.3) is 0 Å². The van der Waals surface area contributed by atoms with Gasteiger partial charge in [0.05, 0.1) is 12.8 Å². The summed E-state index contributed by atoms with van der Waals surface area (Å²) in [7, 11) is 1.58. The highest BCUT2D eigenvalue weighted by molar-refractivity contribution is 7.98. The zero-order chi connectivity index (χ0) is 18.5. The highest BCUT2D eigenvalue weighted by atomic mass is 32.2. The number of carbonyl (C=O) groups is 1. The first-order valence-corrected chi connectivity index (χ1v) is 10.0. The third-order valence-corrected chi connectivity index (χ3v) is 5.23. The summed E-state index contributed by atoms with van der Waals surface area (Å²) in [5.74, 6) is 3.14. The van der Waals surface area contributed by atoms with Gasteiger partial charge in [0.15, 0.2) is 0 Å². The summed E-state index contributed by atoms with van der Waals surface area (Å²) in [6.45, 7) is 3.31. The van der Waals surface area contributed by atoms with Crippen LogP contribution in [0.25, 0.3) is 11.5 Å². The molecule has 0 radical (unpaired) electrons. The Kier molecular flexibility index (Phi) is 6.03. The van der Waals surface area contributed by atoms with Gasteiger partial charge in [0, 0.05) is 25.6 Å². The molecule has 1 aromatic heterocycles. The molecular weight excluding hydrogens is 352 g/mol. The van der Waals surface area contributed by atoms with Gasteiger partial charge in [0.2, 0.25) is 11.8 Å². The van der Waals surface area contributed by atoms with Crippen LogP contribution in [0.15, 0.2) is 22.6 Å². The van der Waals surface area contributed by atoms with Crippen LogP contribution in [0.1, 0.15) is 18.7 Å². The number of anilines is 1. The fraction of sp³-hybridized carbons (Fsp3) is 0.500. The van der Waals surface area contributed by atoms with E-state index in [0.29, 0.717) is 29.1 Å². The number of aromatic nitrogens is 2. The van der Waals surface area contributed by atoms with Crippen molar-refractivity contribution in [1.29, 1.82) is 0 Å². The Bertz CT molecular complexity index is 763. The number of likely N-dealkylation sites (tertiary alicyclic amines) is 1. The molecule has 26 heavy (non-hydrogen) atoms. The number of piperidine rings is 1. The van der Waals surface area contributed by atoms with Gasteiger partial charge >= 0.3 is 6.03 Å².